The summed E-state index contributed by atoms with van der Waals surface area (Å²) in [6.45, 7) is 3.73. The van der Waals surface area contributed by atoms with Crippen LogP contribution in [0.15, 0.2) is 47.0 Å². The molecule has 0 unspecified atom stereocenters. The van der Waals surface area contributed by atoms with Gasteiger partial charge in [0.2, 0.25) is 10.0 Å². The molecule has 0 aliphatic heterocycles. The summed E-state index contributed by atoms with van der Waals surface area (Å²) in [5, 5.41) is 13.7. The van der Waals surface area contributed by atoms with Gasteiger partial charge in [-0.1, -0.05) is 29.4 Å². The van der Waals surface area contributed by atoms with Crippen LogP contribution < -0.4 is 9.46 Å². The molecule has 1 atom stereocenters. The SMILES string of the molecule is COC(=O)CS(=O)(=O)N[C@]1(c2noc(-c3ccc(OC(C)C)c(C#N)c3)n2)CCCc2ccccc21. The number of rotatable bonds is 8. The number of ether oxygens (including phenoxy) is 2. The zero-order valence-corrected chi connectivity index (χ0v) is 21.0. The molecule has 0 saturated heterocycles. The number of carbonyl (C=O) groups is 1. The van der Waals surface area contributed by atoms with Crippen molar-refractivity contribution in [2.24, 2.45) is 0 Å². The maximum absolute atomic E-state index is 13.0. The second-order valence-electron chi connectivity index (χ2n) is 8.77. The summed E-state index contributed by atoms with van der Waals surface area (Å²) in [7, 11) is -3.00. The van der Waals surface area contributed by atoms with Crippen molar-refractivity contribution in [2.75, 3.05) is 12.9 Å². The Kier molecular flexibility index (Phi) is 7.10. The van der Waals surface area contributed by atoms with E-state index < -0.39 is 27.3 Å². The molecule has 0 fully saturated rings. The number of nitrogens with one attached hydrogen (secondary N) is 1. The Morgan fingerprint density at radius 3 is 2.78 bits per heavy atom. The average Bonchev–Trinajstić information content (AvgIpc) is 3.34. The second-order valence-corrected chi connectivity index (χ2v) is 10.5. The molecule has 3 aromatic rings. The molecule has 0 spiro atoms. The predicted octanol–water partition coefficient (Wildman–Crippen LogP) is 3.07. The lowest BCUT2D eigenvalue weighted by atomic mass is 9.76. The molecule has 0 radical (unpaired) electrons. The van der Waals surface area contributed by atoms with Gasteiger partial charge in [0, 0.05) is 5.56 Å². The summed E-state index contributed by atoms with van der Waals surface area (Å²) in [5.74, 6) is -1.07. The molecule has 188 valence electrons. The van der Waals surface area contributed by atoms with E-state index in [-0.39, 0.29) is 17.8 Å². The lowest BCUT2D eigenvalue weighted by molar-refractivity contribution is -0.137. The minimum atomic E-state index is -4.13. The van der Waals surface area contributed by atoms with Crippen molar-refractivity contribution in [1.82, 2.24) is 14.9 Å². The van der Waals surface area contributed by atoms with Crippen molar-refractivity contribution in [1.29, 1.82) is 5.26 Å². The minimum absolute atomic E-state index is 0.109. The Morgan fingerprint density at radius 2 is 2.06 bits per heavy atom. The van der Waals surface area contributed by atoms with Gasteiger partial charge in [0.15, 0.2) is 11.6 Å². The number of fused-ring (bicyclic) bond motifs is 1. The Morgan fingerprint density at radius 1 is 1.28 bits per heavy atom. The van der Waals surface area contributed by atoms with Gasteiger partial charge in [-0.2, -0.15) is 15.0 Å². The zero-order chi connectivity index (χ0) is 25.9. The van der Waals surface area contributed by atoms with Crippen molar-refractivity contribution in [3.63, 3.8) is 0 Å². The highest BCUT2D eigenvalue weighted by Gasteiger charge is 2.45. The first-order valence-electron chi connectivity index (χ1n) is 11.4. The maximum Gasteiger partial charge on any atom is 0.322 e. The van der Waals surface area contributed by atoms with E-state index in [0.29, 0.717) is 35.3 Å². The summed E-state index contributed by atoms with van der Waals surface area (Å²) in [6.07, 6.45) is 1.65. The highest BCUT2D eigenvalue weighted by atomic mass is 32.2. The largest absolute Gasteiger partial charge is 0.490 e. The number of aromatic nitrogens is 2. The fourth-order valence-electron chi connectivity index (χ4n) is 4.35. The van der Waals surface area contributed by atoms with Crippen LogP contribution >= 0.6 is 0 Å². The molecule has 2 aromatic carbocycles. The number of sulfonamides is 1. The summed E-state index contributed by atoms with van der Waals surface area (Å²) < 4.78 is 44.4. The second kappa shape index (κ2) is 10.1. The quantitative estimate of drug-likeness (QED) is 0.452. The lowest BCUT2D eigenvalue weighted by Gasteiger charge is -2.36. The lowest BCUT2D eigenvalue weighted by Crippen LogP contribution is -2.51. The standard InChI is InChI=1S/C25H26N4O6S/c1-16(2)34-21-11-10-18(13-19(21)14-26)23-27-24(28-35-23)25(29-36(31,32)15-22(30)33-3)12-6-8-17-7-4-5-9-20(17)25/h4-5,7,9-11,13,16,29H,6,8,12,15H2,1-3H3/t25-/m1/s1. The van der Waals surface area contributed by atoms with Crippen LogP contribution in [0.1, 0.15) is 49.2 Å². The van der Waals surface area contributed by atoms with E-state index in [0.717, 1.165) is 19.1 Å². The van der Waals surface area contributed by atoms with E-state index in [2.05, 4.69) is 25.7 Å². The van der Waals surface area contributed by atoms with E-state index >= 15 is 0 Å². The highest BCUT2D eigenvalue weighted by Crippen LogP contribution is 2.41. The van der Waals surface area contributed by atoms with Crippen molar-refractivity contribution >= 4 is 16.0 Å². The summed E-state index contributed by atoms with van der Waals surface area (Å²) in [4.78, 5) is 16.3. The topological polar surface area (TPSA) is 144 Å². The predicted molar refractivity (Wildman–Crippen MR) is 129 cm³/mol. The Bertz CT molecular complexity index is 1430. The van der Waals surface area contributed by atoms with Gasteiger partial charge in [0.1, 0.15) is 17.4 Å². The van der Waals surface area contributed by atoms with Gasteiger partial charge in [-0.05, 0) is 62.4 Å². The van der Waals surface area contributed by atoms with E-state index in [1.807, 2.05) is 32.0 Å². The number of methoxy groups -OCH3 is 1. The first-order valence-corrected chi connectivity index (χ1v) is 13.0. The molecule has 36 heavy (non-hydrogen) atoms. The molecule has 0 bridgehead atoms. The van der Waals surface area contributed by atoms with Gasteiger partial charge < -0.3 is 14.0 Å². The molecule has 0 amide bonds. The van der Waals surface area contributed by atoms with E-state index in [1.54, 1.807) is 24.3 Å². The molecule has 10 nitrogen and oxygen atoms in total. The summed E-state index contributed by atoms with van der Waals surface area (Å²) in [6, 6.07) is 14.5. The number of nitriles is 1. The van der Waals surface area contributed by atoms with Crippen LogP contribution in [0.4, 0.5) is 0 Å². The fraction of sp³-hybridized carbons (Fsp3) is 0.360. The monoisotopic (exact) mass is 510 g/mol. The van der Waals surface area contributed by atoms with Gasteiger partial charge >= 0.3 is 5.97 Å². The van der Waals surface area contributed by atoms with Crippen LogP contribution in [0.3, 0.4) is 0 Å². The van der Waals surface area contributed by atoms with Gasteiger partial charge in [0.25, 0.3) is 5.89 Å². The Balaban J connectivity index is 1.79. The molecule has 1 aliphatic rings. The van der Waals surface area contributed by atoms with Crippen LogP contribution in [0.25, 0.3) is 11.5 Å². The van der Waals surface area contributed by atoms with Crippen LogP contribution in [0.5, 0.6) is 5.75 Å². The third-order valence-electron chi connectivity index (χ3n) is 5.86. The van der Waals surface area contributed by atoms with E-state index in [9.17, 15) is 18.5 Å². The van der Waals surface area contributed by atoms with Gasteiger partial charge in [-0.3, -0.25) is 4.79 Å². The van der Waals surface area contributed by atoms with Gasteiger partial charge in [0.05, 0.1) is 18.8 Å². The number of aryl methyl sites for hydroxylation is 1. The molecular formula is C25H26N4O6S. The van der Waals surface area contributed by atoms with Crippen LogP contribution in [0, 0.1) is 11.3 Å². The third-order valence-corrected chi connectivity index (χ3v) is 7.13. The molecule has 4 rings (SSSR count). The van der Waals surface area contributed by atoms with Gasteiger partial charge in [-0.15, -0.1) is 0 Å². The van der Waals surface area contributed by atoms with Crippen LogP contribution in [0.2, 0.25) is 0 Å². The zero-order valence-electron chi connectivity index (χ0n) is 20.1. The van der Waals surface area contributed by atoms with Crippen molar-refractivity contribution < 1.29 is 27.2 Å². The van der Waals surface area contributed by atoms with E-state index in [1.165, 1.54) is 0 Å². The molecule has 1 aromatic heterocycles. The molecule has 11 heteroatoms. The van der Waals surface area contributed by atoms with Crippen molar-refractivity contribution in [2.45, 2.75) is 44.8 Å². The maximum atomic E-state index is 13.0. The smallest absolute Gasteiger partial charge is 0.322 e. The van der Waals surface area contributed by atoms with Crippen molar-refractivity contribution in [3.05, 3.63) is 65.0 Å². The molecule has 1 N–H and O–H groups in total. The average molecular weight is 511 g/mol. The fourth-order valence-corrected chi connectivity index (χ4v) is 5.69. The van der Waals surface area contributed by atoms with Gasteiger partial charge in [-0.25, -0.2) is 8.42 Å². The first-order chi connectivity index (χ1) is 17.2. The highest BCUT2D eigenvalue weighted by molar-refractivity contribution is 7.90. The minimum Gasteiger partial charge on any atom is -0.490 e. The Hall–Kier alpha value is -3.75. The Labute approximate surface area is 209 Å². The number of esters is 1. The first kappa shape index (κ1) is 25.3. The van der Waals surface area contributed by atoms with Crippen molar-refractivity contribution in [3.8, 4) is 23.3 Å². The number of benzene rings is 2. The normalized spacial score (nSPS) is 17.3. The number of hydrogen-bond donors (Lipinski definition) is 1. The van der Waals surface area contributed by atoms with E-state index in [4.69, 9.17) is 9.26 Å². The number of carbonyl (C=O) groups excluding carboxylic acids is 1. The van der Waals surface area contributed by atoms with Crippen LogP contribution in [-0.4, -0.2) is 43.5 Å². The number of hydrogen-bond acceptors (Lipinski definition) is 9. The summed E-state index contributed by atoms with van der Waals surface area (Å²) in [5.41, 5.74) is 1.08. The summed E-state index contributed by atoms with van der Waals surface area (Å²) >= 11 is 0. The molecule has 1 heterocycles. The molecular weight excluding hydrogens is 484 g/mol. The third kappa shape index (κ3) is 5.10. The van der Waals surface area contributed by atoms with Crippen LogP contribution in [-0.2, 0) is 31.5 Å². The molecule has 0 saturated carbocycles. The number of nitrogens with zero attached hydrogens (tertiary/aromatic N) is 3. The molecule has 1 aliphatic carbocycles.